The number of imide groups is 1. The minimum Gasteiger partial charge on any atom is -0.319 e. The first-order valence-electron chi connectivity index (χ1n) is 7.37. The van der Waals surface area contributed by atoms with Crippen molar-refractivity contribution in [3.63, 3.8) is 0 Å². The number of rotatable bonds is 3. The van der Waals surface area contributed by atoms with Crippen molar-refractivity contribution >= 4 is 23.5 Å². The molecule has 5 heteroatoms. The summed E-state index contributed by atoms with van der Waals surface area (Å²) in [5, 5.41) is 3.36. The zero-order chi connectivity index (χ0) is 16.6. The molecule has 3 amide bonds. The van der Waals surface area contributed by atoms with E-state index in [1.54, 1.807) is 13.0 Å². The zero-order valence-corrected chi connectivity index (χ0v) is 13.7. The smallest absolute Gasteiger partial charge is 0.319 e. The van der Waals surface area contributed by atoms with E-state index in [1.165, 1.54) is 4.90 Å². The van der Waals surface area contributed by atoms with Crippen LogP contribution in [0.4, 0.5) is 4.79 Å². The molecular formula is C18H17ClN2O2. The molecule has 0 aromatic heterocycles. The molecule has 2 aromatic carbocycles. The van der Waals surface area contributed by atoms with E-state index < -0.39 is 11.6 Å². The number of aryl methyl sites for hydroxylation is 1. The summed E-state index contributed by atoms with van der Waals surface area (Å²) >= 11 is 6.14. The molecule has 1 fully saturated rings. The van der Waals surface area contributed by atoms with Gasteiger partial charge in [-0.1, -0.05) is 54.1 Å². The molecule has 0 bridgehead atoms. The number of halogens is 1. The zero-order valence-electron chi connectivity index (χ0n) is 13.0. The minimum atomic E-state index is -1.05. The third kappa shape index (κ3) is 2.59. The Kier molecular flexibility index (Phi) is 3.86. The second-order valence-electron chi connectivity index (χ2n) is 5.85. The number of hydrogen-bond acceptors (Lipinski definition) is 2. The fraction of sp³-hybridized carbons (Fsp3) is 0.222. The molecule has 1 N–H and O–H groups in total. The van der Waals surface area contributed by atoms with Gasteiger partial charge in [-0.2, -0.15) is 0 Å². The predicted octanol–water partition coefficient (Wildman–Crippen LogP) is 3.62. The highest BCUT2D eigenvalue weighted by Gasteiger charge is 2.49. The Morgan fingerprint density at radius 1 is 1.09 bits per heavy atom. The van der Waals surface area contributed by atoms with Gasteiger partial charge in [0.15, 0.2) is 0 Å². The molecule has 1 aliphatic heterocycles. The number of hydrogen-bond donors (Lipinski definition) is 1. The van der Waals surface area contributed by atoms with Crippen LogP contribution in [-0.2, 0) is 16.9 Å². The molecule has 1 aliphatic rings. The number of urea groups is 1. The van der Waals surface area contributed by atoms with Crippen molar-refractivity contribution in [2.45, 2.75) is 25.9 Å². The fourth-order valence-corrected chi connectivity index (χ4v) is 3.15. The lowest BCUT2D eigenvalue weighted by molar-refractivity contribution is -0.131. The first-order valence-corrected chi connectivity index (χ1v) is 7.75. The van der Waals surface area contributed by atoms with E-state index in [9.17, 15) is 9.59 Å². The van der Waals surface area contributed by atoms with Gasteiger partial charge in [0.1, 0.15) is 5.54 Å². The molecule has 23 heavy (non-hydrogen) atoms. The maximum absolute atomic E-state index is 12.9. The first-order chi connectivity index (χ1) is 10.9. The second kappa shape index (κ2) is 5.70. The highest BCUT2D eigenvalue weighted by molar-refractivity contribution is 6.31. The Bertz CT molecular complexity index is 790. The Balaban J connectivity index is 1.94. The summed E-state index contributed by atoms with van der Waals surface area (Å²) in [5.74, 6) is -0.267. The van der Waals surface area contributed by atoms with Crippen molar-refractivity contribution in [2.75, 3.05) is 0 Å². The lowest BCUT2D eigenvalue weighted by atomic mass is 9.88. The van der Waals surface area contributed by atoms with Crippen LogP contribution in [0.25, 0.3) is 0 Å². The summed E-state index contributed by atoms with van der Waals surface area (Å²) in [7, 11) is 0. The van der Waals surface area contributed by atoms with Crippen LogP contribution in [0.3, 0.4) is 0 Å². The molecule has 0 aliphatic carbocycles. The predicted molar refractivity (Wildman–Crippen MR) is 89.1 cm³/mol. The number of nitrogens with one attached hydrogen (secondary N) is 1. The van der Waals surface area contributed by atoms with Crippen LogP contribution in [0.1, 0.15) is 23.6 Å². The number of carbonyl (C=O) groups excluding carboxylic acids is 2. The maximum Gasteiger partial charge on any atom is 0.325 e. The maximum atomic E-state index is 12.9. The molecule has 3 rings (SSSR count). The third-order valence-electron chi connectivity index (χ3n) is 4.25. The summed E-state index contributed by atoms with van der Waals surface area (Å²) in [6, 6.07) is 14.4. The highest BCUT2D eigenvalue weighted by atomic mass is 35.5. The Hall–Kier alpha value is -2.33. The second-order valence-corrected chi connectivity index (χ2v) is 6.26. The fourth-order valence-electron chi connectivity index (χ4n) is 2.95. The van der Waals surface area contributed by atoms with Crippen LogP contribution < -0.4 is 5.32 Å². The van der Waals surface area contributed by atoms with E-state index in [1.807, 2.05) is 49.4 Å². The standard InChI is InChI=1S/C18H17ClN2O2/c1-12-7-3-5-9-14(12)18(2)16(22)21(17(23)20-18)11-13-8-4-6-10-15(13)19/h3-10H,11H2,1-2H3,(H,20,23). The number of amides is 3. The van der Waals surface area contributed by atoms with Crippen LogP contribution in [0.2, 0.25) is 5.02 Å². The largest absolute Gasteiger partial charge is 0.325 e. The van der Waals surface area contributed by atoms with Crippen LogP contribution in [0.5, 0.6) is 0 Å². The van der Waals surface area contributed by atoms with Crippen molar-refractivity contribution < 1.29 is 9.59 Å². The molecule has 0 saturated carbocycles. The Morgan fingerprint density at radius 2 is 1.74 bits per heavy atom. The van der Waals surface area contributed by atoms with Crippen LogP contribution >= 0.6 is 11.6 Å². The molecule has 1 heterocycles. The third-order valence-corrected chi connectivity index (χ3v) is 4.61. The molecule has 4 nitrogen and oxygen atoms in total. The summed E-state index contributed by atoms with van der Waals surface area (Å²) < 4.78 is 0. The van der Waals surface area contributed by atoms with Crippen molar-refractivity contribution in [1.29, 1.82) is 0 Å². The van der Waals surface area contributed by atoms with Crippen molar-refractivity contribution in [1.82, 2.24) is 10.2 Å². The monoisotopic (exact) mass is 328 g/mol. The summed E-state index contributed by atoms with van der Waals surface area (Å²) in [5.41, 5.74) is 1.46. The van der Waals surface area contributed by atoms with Gasteiger partial charge in [-0.15, -0.1) is 0 Å². The van der Waals surface area contributed by atoms with Crippen molar-refractivity contribution in [3.05, 3.63) is 70.2 Å². The quantitative estimate of drug-likeness (QED) is 0.875. The topological polar surface area (TPSA) is 49.4 Å². The summed E-state index contributed by atoms with van der Waals surface area (Å²) in [4.78, 5) is 26.5. The lowest BCUT2D eigenvalue weighted by Crippen LogP contribution is -2.41. The van der Waals surface area contributed by atoms with Gasteiger partial charge in [-0.25, -0.2) is 4.79 Å². The van der Waals surface area contributed by atoms with E-state index in [0.29, 0.717) is 5.02 Å². The number of nitrogens with zero attached hydrogens (tertiary/aromatic N) is 1. The van der Waals surface area contributed by atoms with Gasteiger partial charge in [0, 0.05) is 5.02 Å². The average molecular weight is 329 g/mol. The minimum absolute atomic E-state index is 0.159. The summed E-state index contributed by atoms with van der Waals surface area (Å²) in [6.45, 7) is 3.82. The lowest BCUT2D eigenvalue weighted by Gasteiger charge is -2.24. The van der Waals surface area contributed by atoms with Gasteiger partial charge in [0.25, 0.3) is 5.91 Å². The van der Waals surface area contributed by atoms with Gasteiger partial charge in [0.2, 0.25) is 0 Å². The Labute approximate surface area is 140 Å². The number of benzene rings is 2. The van der Waals surface area contributed by atoms with Gasteiger partial charge >= 0.3 is 6.03 Å². The highest BCUT2D eigenvalue weighted by Crippen LogP contribution is 2.32. The van der Waals surface area contributed by atoms with Crippen molar-refractivity contribution in [2.24, 2.45) is 0 Å². The molecule has 118 valence electrons. The van der Waals surface area contributed by atoms with E-state index in [4.69, 9.17) is 11.6 Å². The molecule has 0 radical (unpaired) electrons. The first kappa shape index (κ1) is 15.6. The van der Waals surface area contributed by atoms with Gasteiger partial charge in [-0.05, 0) is 36.6 Å². The van der Waals surface area contributed by atoms with E-state index in [-0.39, 0.29) is 12.5 Å². The van der Waals surface area contributed by atoms with Crippen LogP contribution in [0, 0.1) is 6.92 Å². The van der Waals surface area contributed by atoms with Gasteiger partial charge in [-0.3, -0.25) is 9.69 Å². The van der Waals surface area contributed by atoms with E-state index in [2.05, 4.69) is 5.32 Å². The van der Waals surface area contributed by atoms with Gasteiger partial charge in [0.05, 0.1) is 6.54 Å². The number of carbonyl (C=O) groups is 2. The molecule has 1 atom stereocenters. The normalized spacial score (nSPS) is 20.7. The molecular weight excluding hydrogens is 312 g/mol. The molecule has 2 aromatic rings. The van der Waals surface area contributed by atoms with Crippen LogP contribution in [0.15, 0.2) is 48.5 Å². The SMILES string of the molecule is Cc1ccccc1C1(C)NC(=O)N(Cc2ccccc2Cl)C1=O. The van der Waals surface area contributed by atoms with Crippen molar-refractivity contribution in [3.8, 4) is 0 Å². The van der Waals surface area contributed by atoms with Crippen LogP contribution in [-0.4, -0.2) is 16.8 Å². The Morgan fingerprint density at radius 3 is 2.43 bits per heavy atom. The summed E-state index contributed by atoms with van der Waals surface area (Å²) in [6.07, 6.45) is 0. The molecule has 1 saturated heterocycles. The molecule has 0 spiro atoms. The average Bonchev–Trinajstić information content (AvgIpc) is 2.74. The van der Waals surface area contributed by atoms with Gasteiger partial charge < -0.3 is 5.32 Å². The van der Waals surface area contributed by atoms with E-state index in [0.717, 1.165) is 16.7 Å². The van der Waals surface area contributed by atoms with E-state index >= 15 is 0 Å². The molecule has 1 unspecified atom stereocenters.